The van der Waals surface area contributed by atoms with Gasteiger partial charge in [-0.1, -0.05) is 48.5 Å². The molecule has 3 aromatic rings. The fourth-order valence-electron chi connectivity index (χ4n) is 3.36. The molecule has 0 aromatic heterocycles. The van der Waals surface area contributed by atoms with Crippen LogP contribution in [-0.2, 0) is 17.6 Å². The van der Waals surface area contributed by atoms with E-state index < -0.39 is 6.10 Å². The van der Waals surface area contributed by atoms with Crippen LogP contribution in [0.5, 0.6) is 11.5 Å². The second kappa shape index (κ2) is 7.54. The summed E-state index contributed by atoms with van der Waals surface area (Å²) in [4.78, 5) is 12.6. The first-order valence-corrected chi connectivity index (χ1v) is 8.99. The van der Waals surface area contributed by atoms with Gasteiger partial charge >= 0.3 is 0 Å². The SMILES string of the molecule is COc1ccc(NC(=O)C2Cc3ccccc3O2)cc1Cc1ccccc1. The van der Waals surface area contributed by atoms with E-state index in [-0.39, 0.29) is 5.91 Å². The summed E-state index contributed by atoms with van der Waals surface area (Å²) in [5, 5.41) is 2.98. The van der Waals surface area contributed by atoms with Gasteiger partial charge in [0.15, 0.2) is 6.10 Å². The van der Waals surface area contributed by atoms with Crippen molar-refractivity contribution in [1.82, 2.24) is 0 Å². The second-order valence-corrected chi connectivity index (χ2v) is 6.60. The molecule has 4 rings (SSSR count). The highest BCUT2D eigenvalue weighted by atomic mass is 16.5. The van der Waals surface area contributed by atoms with Crippen molar-refractivity contribution in [3.8, 4) is 11.5 Å². The van der Waals surface area contributed by atoms with E-state index in [0.717, 1.165) is 34.7 Å². The zero-order chi connectivity index (χ0) is 18.6. The molecule has 0 fully saturated rings. The highest BCUT2D eigenvalue weighted by Gasteiger charge is 2.28. The van der Waals surface area contributed by atoms with E-state index in [1.54, 1.807) is 7.11 Å². The van der Waals surface area contributed by atoms with Gasteiger partial charge in [-0.15, -0.1) is 0 Å². The van der Waals surface area contributed by atoms with Crippen molar-refractivity contribution in [3.05, 3.63) is 89.5 Å². The molecule has 1 heterocycles. The third-order valence-corrected chi connectivity index (χ3v) is 4.72. The van der Waals surface area contributed by atoms with Crippen LogP contribution in [0.4, 0.5) is 5.69 Å². The van der Waals surface area contributed by atoms with Crippen molar-refractivity contribution in [2.75, 3.05) is 12.4 Å². The molecule has 27 heavy (non-hydrogen) atoms. The summed E-state index contributed by atoms with van der Waals surface area (Å²) in [6, 6.07) is 23.7. The molecule has 0 aliphatic carbocycles. The predicted molar refractivity (Wildman–Crippen MR) is 105 cm³/mol. The fourth-order valence-corrected chi connectivity index (χ4v) is 3.36. The molecule has 0 saturated heterocycles. The van der Waals surface area contributed by atoms with Gasteiger partial charge in [-0.25, -0.2) is 0 Å². The molecule has 3 aromatic carbocycles. The van der Waals surface area contributed by atoms with Gasteiger partial charge in [0.1, 0.15) is 11.5 Å². The second-order valence-electron chi connectivity index (χ2n) is 6.60. The Bertz CT molecular complexity index is 928. The number of hydrogen-bond acceptors (Lipinski definition) is 3. The Kier molecular flexibility index (Phi) is 4.79. The van der Waals surface area contributed by atoms with Gasteiger partial charge in [-0.2, -0.15) is 0 Å². The van der Waals surface area contributed by atoms with E-state index in [9.17, 15) is 4.79 Å². The zero-order valence-corrected chi connectivity index (χ0v) is 15.1. The molecule has 0 radical (unpaired) electrons. The first-order chi connectivity index (χ1) is 13.2. The van der Waals surface area contributed by atoms with E-state index in [4.69, 9.17) is 9.47 Å². The Morgan fingerprint density at radius 1 is 1.07 bits per heavy atom. The lowest BCUT2D eigenvalue weighted by Crippen LogP contribution is -2.31. The third kappa shape index (κ3) is 3.80. The lowest BCUT2D eigenvalue weighted by Gasteiger charge is -2.14. The number of para-hydroxylation sites is 1. The van der Waals surface area contributed by atoms with Crippen LogP contribution in [0.15, 0.2) is 72.8 Å². The Hall–Kier alpha value is -3.27. The monoisotopic (exact) mass is 359 g/mol. The quantitative estimate of drug-likeness (QED) is 0.742. The van der Waals surface area contributed by atoms with Crippen molar-refractivity contribution in [2.24, 2.45) is 0 Å². The molecule has 4 heteroatoms. The van der Waals surface area contributed by atoms with Crippen molar-refractivity contribution in [3.63, 3.8) is 0 Å². The van der Waals surface area contributed by atoms with Gasteiger partial charge in [-0.3, -0.25) is 4.79 Å². The molecule has 136 valence electrons. The number of methoxy groups -OCH3 is 1. The third-order valence-electron chi connectivity index (χ3n) is 4.72. The minimum atomic E-state index is -0.498. The van der Waals surface area contributed by atoms with Crippen LogP contribution >= 0.6 is 0 Å². The van der Waals surface area contributed by atoms with Crippen molar-refractivity contribution in [2.45, 2.75) is 18.9 Å². The van der Waals surface area contributed by atoms with Crippen LogP contribution in [0.25, 0.3) is 0 Å². The van der Waals surface area contributed by atoms with E-state index in [1.165, 1.54) is 5.56 Å². The summed E-state index contributed by atoms with van der Waals surface area (Å²) in [5.74, 6) is 1.46. The minimum absolute atomic E-state index is 0.137. The summed E-state index contributed by atoms with van der Waals surface area (Å²) in [5.41, 5.74) is 4.02. The standard InChI is InChI=1S/C23H21NO3/c1-26-20-12-11-19(14-18(20)13-16-7-3-2-4-8-16)24-23(25)22-15-17-9-5-6-10-21(17)27-22/h2-12,14,22H,13,15H2,1H3,(H,24,25). The fraction of sp³-hybridized carbons (Fsp3) is 0.174. The molecule has 1 amide bonds. The summed E-state index contributed by atoms with van der Waals surface area (Å²) in [7, 11) is 1.66. The average molecular weight is 359 g/mol. The molecular weight excluding hydrogens is 338 g/mol. The van der Waals surface area contributed by atoms with Crippen molar-refractivity contribution >= 4 is 11.6 Å². The Morgan fingerprint density at radius 3 is 2.63 bits per heavy atom. The van der Waals surface area contributed by atoms with E-state index in [0.29, 0.717) is 6.42 Å². The predicted octanol–water partition coefficient (Wildman–Crippen LogP) is 4.23. The maximum Gasteiger partial charge on any atom is 0.265 e. The molecule has 0 bridgehead atoms. The van der Waals surface area contributed by atoms with Crippen LogP contribution < -0.4 is 14.8 Å². The number of nitrogens with one attached hydrogen (secondary N) is 1. The van der Waals surface area contributed by atoms with Crippen LogP contribution in [0.2, 0.25) is 0 Å². The Morgan fingerprint density at radius 2 is 1.85 bits per heavy atom. The lowest BCUT2D eigenvalue weighted by molar-refractivity contribution is -0.122. The topological polar surface area (TPSA) is 47.6 Å². The lowest BCUT2D eigenvalue weighted by atomic mass is 10.0. The smallest absolute Gasteiger partial charge is 0.265 e. The largest absolute Gasteiger partial charge is 0.496 e. The molecule has 1 unspecified atom stereocenters. The Balaban J connectivity index is 1.49. The van der Waals surface area contributed by atoms with Crippen LogP contribution in [-0.4, -0.2) is 19.1 Å². The number of benzene rings is 3. The molecular formula is C23H21NO3. The number of anilines is 1. The summed E-state index contributed by atoms with van der Waals surface area (Å²) < 4.78 is 11.3. The molecule has 0 saturated carbocycles. The molecule has 1 atom stereocenters. The summed E-state index contributed by atoms with van der Waals surface area (Å²) >= 11 is 0. The number of rotatable bonds is 5. The maximum absolute atomic E-state index is 12.6. The minimum Gasteiger partial charge on any atom is -0.496 e. The zero-order valence-electron chi connectivity index (χ0n) is 15.1. The van der Waals surface area contributed by atoms with Gasteiger partial charge in [-0.05, 0) is 35.4 Å². The summed E-state index contributed by atoms with van der Waals surface area (Å²) in [6.07, 6.45) is 0.829. The first-order valence-electron chi connectivity index (χ1n) is 8.99. The maximum atomic E-state index is 12.6. The highest BCUT2D eigenvalue weighted by molar-refractivity contribution is 5.95. The number of hydrogen-bond donors (Lipinski definition) is 1. The number of amides is 1. The number of ether oxygens (including phenoxy) is 2. The molecule has 1 aliphatic rings. The number of carbonyl (C=O) groups excluding carboxylic acids is 1. The van der Waals surface area contributed by atoms with Gasteiger partial charge in [0.25, 0.3) is 5.91 Å². The number of carbonyl (C=O) groups is 1. The van der Waals surface area contributed by atoms with Gasteiger partial charge in [0.2, 0.25) is 0 Å². The van der Waals surface area contributed by atoms with Gasteiger partial charge < -0.3 is 14.8 Å². The van der Waals surface area contributed by atoms with E-state index in [1.807, 2.05) is 60.7 Å². The molecule has 1 aliphatic heterocycles. The number of fused-ring (bicyclic) bond motifs is 1. The van der Waals surface area contributed by atoms with E-state index >= 15 is 0 Å². The Labute approximate surface area is 158 Å². The van der Waals surface area contributed by atoms with Crippen LogP contribution in [0, 0.1) is 0 Å². The molecule has 4 nitrogen and oxygen atoms in total. The molecule has 1 N–H and O–H groups in total. The first kappa shape index (κ1) is 17.2. The van der Waals surface area contributed by atoms with Gasteiger partial charge in [0, 0.05) is 24.1 Å². The van der Waals surface area contributed by atoms with Crippen LogP contribution in [0.1, 0.15) is 16.7 Å². The van der Waals surface area contributed by atoms with Crippen LogP contribution in [0.3, 0.4) is 0 Å². The highest BCUT2D eigenvalue weighted by Crippen LogP contribution is 2.29. The van der Waals surface area contributed by atoms with Gasteiger partial charge in [0.05, 0.1) is 7.11 Å². The van der Waals surface area contributed by atoms with Crippen molar-refractivity contribution in [1.29, 1.82) is 0 Å². The average Bonchev–Trinajstić information content (AvgIpc) is 3.13. The normalized spacial score (nSPS) is 14.9. The van der Waals surface area contributed by atoms with Crippen molar-refractivity contribution < 1.29 is 14.3 Å². The molecule has 0 spiro atoms. The van der Waals surface area contributed by atoms with E-state index in [2.05, 4.69) is 17.4 Å². The summed E-state index contributed by atoms with van der Waals surface area (Å²) in [6.45, 7) is 0.